The number of rotatable bonds is 2. The highest BCUT2D eigenvalue weighted by atomic mass is 19.1. The Labute approximate surface area is 95.5 Å². The Morgan fingerprint density at radius 3 is 2.65 bits per heavy atom. The molecule has 17 heavy (non-hydrogen) atoms. The van der Waals surface area contributed by atoms with E-state index < -0.39 is 16.6 Å². The van der Waals surface area contributed by atoms with Gasteiger partial charge in [0, 0.05) is 5.56 Å². The van der Waals surface area contributed by atoms with Crippen molar-refractivity contribution in [1.29, 1.82) is 0 Å². The van der Waals surface area contributed by atoms with Gasteiger partial charge in [0.1, 0.15) is 11.6 Å². The molecular weight excluding hydrogens is 228 g/mol. The van der Waals surface area contributed by atoms with Crippen LogP contribution < -0.4 is 0 Å². The first kappa shape index (κ1) is 11.2. The van der Waals surface area contributed by atoms with E-state index in [1.807, 2.05) is 0 Å². The quantitative estimate of drug-likeness (QED) is 0.590. The SMILES string of the molecule is O=[N+]([O-])c1[c]cccc1-c1cc(F)ccc1F. The molecular formula is C12H6F2NO2. The van der Waals surface area contributed by atoms with E-state index in [9.17, 15) is 18.9 Å². The molecule has 2 rings (SSSR count). The summed E-state index contributed by atoms with van der Waals surface area (Å²) in [4.78, 5) is 10.1. The Hall–Kier alpha value is -2.30. The molecule has 0 amide bonds. The van der Waals surface area contributed by atoms with Gasteiger partial charge in [-0.15, -0.1) is 0 Å². The van der Waals surface area contributed by atoms with Crippen LogP contribution in [-0.2, 0) is 0 Å². The normalized spacial score (nSPS) is 10.2. The molecule has 0 atom stereocenters. The van der Waals surface area contributed by atoms with Crippen molar-refractivity contribution in [2.75, 3.05) is 0 Å². The second kappa shape index (κ2) is 4.29. The molecule has 0 aromatic heterocycles. The van der Waals surface area contributed by atoms with E-state index in [1.165, 1.54) is 18.2 Å². The minimum absolute atomic E-state index is 0.00880. The third kappa shape index (κ3) is 2.13. The average Bonchev–Trinajstić information content (AvgIpc) is 2.32. The van der Waals surface area contributed by atoms with Gasteiger partial charge in [-0.05, 0) is 30.3 Å². The number of para-hydroxylation sites is 1. The van der Waals surface area contributed by atoms with Crippen LogP contribution in [0.4, 0.5) is 14.5 Å². The summed E-state index contributed by atoms with van der Waals surface area (Å²) in [5.74, 6) is -1.37. The number of nitro benzene ring substituents is 1. The predicted molar refractivity (Wildman–Crippen MR) is 57.3 cm³/mol. The molecule has 0 N–H and O–H groups in total. The maximum atomic E-state index is 13.5. The first-order valence-electron chi connectivity index (χ1n) is 4.70. The smallest absolute Gasteiger partial charge is 0.258 e. The Bertz CT molecular complexity index is 584. The largest absolute Gasteiger partial charge is 0.285 e. The summed E-state index contributed by atoms with van der Waals surface area (Å²) in [6.07, 6.45) is 0. The molecule has 2 aromatic rings. The van der Waals surface area contributed by atoms with Gasteiger partial charge >= 0.3 is 0 Å². The first-order chi connectivity index (χ1) is 8.09. The number of hydrogen-bond donors (Lipinski definition) is 0. The third-order valence-corrected chi connectivity index (χ3v) is 2.24. The Kier molecular flexibility index (Phi) is 2.82. The van der Waals surface area contributed by atoms with E-state index in [-0.39, 0.29) is 16.8 Å². The van der Waals surface area contributed by atoms with E-state index in [0.29, 0.717) is 0 Å². The molecule has 0 bridgehead atoms. The molecule has 5 heteroatoms. The zero-order valence-corrected chi connectivity index (χ0v) is 8.48. The van der Waals surface area contributed by atoms with Gasteiger partial charge in [0.15, 0.2) is 0 Å². The van der Waals surface area contributed by atoms with Gasteiger partial charge in [0.05, 0.1) is 16.6 Å². The Balaban J connectivity index is 2.68. The van der Waals surface area contributed by atoms with Crippen molar-refractivity contribution >= 4 is 5.69 Å². The summed E-state index contributed by atoms with van der Waals surface area (Å²) in [5.41, 5.74) is -0.514. The number of nitro groups is 1. The molecule has 0 spiro atoms. The van der Waals surface area contributed by atoms with Gasteiger partial charge in [-0.2, -0.15) is 0 Å². The third-order valence-electron chi connectivity index (χ3n) is 2.24. The predicted octanol–water partition coefficient (Wildman–Crippen LogP) is 3.34. The zero-order valence-electron chi connectivity index (χ0n) is 8.48. The minimum atomic E-state index is -0.714. The molecule has 0 saturated heterocycles. The summed E-state index contributed by atoms with van der Waals surface area (Å²) in [6.45, 7) is 0. The van der Waals surface area contributed by atoms with Crippen LogP contribution in [0.5, 0.6) is 0 Å². The summed E-state index contributed by atoms with van der Waals surface area (Å²) in [5, 5.41) is 10.7. The molecule has 0 fully saturated rings. The first-order valence-corrected chi connectivity index (χ1v) is 4.70. The fourth-order valence-electron chi connectivity index (χ4n) is 1.50. The van der Waals surface area contributed by atoms with Crippen LogP contribution in [0, 0.1) is 27.8 Å². The van der Waals surface area contributed by atoms with E-state index in [2.05, 4.69) is 6.07 Å². The molecule has 85 valence electrons. The monoisotopic (exact) mass is 234 g/mol. The molecule has 0 saturated carbocycles. The fraction of sp³-hybridized carbons (Fsp3) is 0. The van der Waals surface area contributed by atoms with Gasteiger partial charge in [-0.3, -0.25) is 10.1 Å². The van der Waals surface area contributed by atoms with Crippen LogP contribution in [0.25, 0.3) is 11.1 Å². The summed E-state index contributed by atoms with van der Waals surface area (Å²) in [7, 11) is 0. The molecule has 0 aliphatic rings. The van der Waals surface area contributed by atoms with Crippen LogP contribution in [0.3, 0.4) is 0 Å². The van der Waals surface area contributed by atoms with Gasteiger partial charge in [-0.1, -0.05) is 6.07 Å². The molecule has 0 aliphatic carbocycles. The van der Waals surface area contributed by atoms with Crippen LogP contribution in [0.1, 0.15) is 0 Å². The standard InChI is InChI=1S/C12H6F2NO2/c13-8-5-6-11(14)10(7-8)9-3-1-2-4-12(9)15(16)17/h1-3,5-7H. The van der Waals surface area contributed by atoms with E-state index in [4.69, 9.17) is 0 Å². The molecule has 3 nitrogen and oxygen atoms in total. The van der Waals surface area contributed by atoms with Crippen molar-refractivity contribution in [3.05, 3.63) is 64.2 Å². The molecule has 0 unspecified atom stereocenters. The van der Waals surface area contributed by atoms with E-state index >= 15 is 0 Å². The number of benzene rings is 2. The molecule has 1 radical (unpaired) electrons. The van der Waals surface area contributed by atoms with Crippen LogP contribution >= 0.6 is 0 Å². The van der Waals surface area contributed by atoms with Gasteiger partial charge in [0.2, 0.25) is 0 Å². The van der Waals surface area contributed by atoms with Gasteiger partial charge < -0.3 is 0 Å². The fourth-order valence-corrected chi connectivity index (χ4v) is 1.50. The number of halogens is 2. The van der Waals surface area contributed by atoms with Crippen molar-refractivity contribution in [1.82, 2.24) is 0 Å². The highest BCUT2D eigenvalue weighted by molar-refractivity contribution is 5.73. The Morgan fingerprint density at radius 2 is 1.94 bits per heavy atom. The van der Waals surface area contributed by atoms with Gasteiger partial charge in [-0.25, -0.2) is 8.78 Å². The van der Waals surface area contributed by atoms with Crippen LogP contribution in [0.2, 0.25) is 0 Å². The Morgan fingerprint density at radius 1 is 1.18 bits per heavy atom. The topological polar surface area (TPSA) is 43.1 Å². The summed E-state index contributed by atoms with van der Waals surface area (Å²) < 4.78 is 26.5. The number of nitrogens with zero attached hydrogens (tertiary/aromatic N) is 1. The highest BCUT2D eigenvalue weighted by Gasteiger charge is 2.17. The van der Waals surface area contributed by atoms with Crippen molar-refractivity contribution in [2.45, 2.75) is 0 Å². The zero-order chi connectivity index (χ0) is 12.4. The molecule has 2 aromatic carbocycles. The maximum Gasteiger partial charge on any atom is 0.285 e. The van der Waals surface area contributed by atoms with Gasteiger partial charge in [0.25, 0.3) is 5.69 Å². The summed E-state index contributed by atoms with van der Waals surface area (Å²) >= 11 is 0. The van der Waals surface area contributed by atoms with E-state index in [1.54, 1.807) is 0 Å². The van der Waals surface area contributed by atoms with Crippen LogP contribution in [0.15, 0.2) is 36.4 Å². The van der Waals surface area contributed by atoms with E-state index in [0.717, 1.165) is 18.2 Å². The summed E-state index contributed by atoms with van der Waals surface area (Å²) in [6, 6.07) is 9.38. The maximum absolute atomic E-state index is 13.5. The van der Waals surface area contributed by atoms with Crippen molar-refractivity contribution < 1.29 is 13.7 Å². The van der Waals surface area contributed by atoms with Crippen LogP contribution in [-0.4, -0.2) is 4.92 Å². The lowest BCUT2D eigenvalue weighted by atomic mass is 10.0. The number of hydrogen-bond acceptors (Lipinski definition) is 2. The lowest BCUT2D eigenvalue weighted by Crippen LogP contribution is -1.94. The molecule has 0 aliphatic heterocycles. The lowest BCUT2D eigenvalue weighted by Gasteiger charge is -2.04. The average molecular weight is 234 g/mol. The molecule has 0 heterocycles. The van der Waals surface area contributed by atoms with Crippen molar-refractivity contribution in [3.63, 3.8) is 0 Å². The lowest BCUT2D eigenvalue weighted by molar-refractivity contribution is -0.384. The second-order valence-corrected chi connectivity index (χ2v) is 3.31. The highest BCUT2D eigenvalue weighted by Crippen LogP contribution is 2.31. The van der Waals surface area contributed by atoms with Crippen molar-refractivity contribution in [3.8, 4) is 11.1 Å². The minimum Gasteiger partial charge on any atom is -0.258 e. The van der Waals surface area contributed by atoms with Crippen molar-refractivity contribution in [2.24, 2.45) is 0 Å². The second-order valence-electron chi connectivity index (χ2n) is 3.31.